The monoisotopic (exact) mass is 540 g/mol. The summed E-state index contributed by atoms with van der Waals surface area (Å²) in [5.41, 5.74) is 6.36. The second-order valence-corrected chi connectivity index (χ2v) is 12.2. The highest BCUT2D eigenvalue weighted by Crippen LogP contribution is 2.39. The van der Waals surface area contributed by atoms with Gasteiger partial charge < -0.3 is 5.32 Å². The van der Waals surface area contributed by atoms with E-state index >= 15 is 0 Å². The van der Waals surface area contributed by atoms with Crippen LogP contribution in [0.5, 0.6) is 0 Å². The predicted octanol–water partition coefficient (Wildman–Crippen LogP) is 5.44. The molecular formula is C29H27F3N2O3S. The molecule has 0 aromatic heterocycles. The van der Waals surface area contributed by atoms with Gasteiger partial charge in [0.1, 0.15) is 6.04 Å². The number of carbonyl (C=O) groups excluding carboxylic acids is 1. The van der Waals surface area contributed by atoms with Gasteiger partial charge in [-0.25, -0.2) is 8.42 Å². The summed E-state index contributed by atoms with van der Waals surface area (Å²) in [6, 6.07) is 12.0. The van der Waals surface area contributed by atoms with E-state index < -0.39 is 33.7 Å². The Hall–Kier alpha value is -3.17. The predicted molar refractivity (Wildman–Crippen MR) is 137 cm³/mol. The lowest BCUT2D eigenvalue weighted by Crippen LogP contribution is -2.50. The van der Waals surface area contributed by atoms with E-state index in [0.29, 0.717) is 0 Å². The van der Waals surface area contributed by atoms with Crippen molar-refractivity contribution in [3.63, 3.8) is 0 Å². The zero-order valence-electron chi connectivity index (χ0n) is 20.6. The summed E-state index contributed by atoms with van der Waals surface area (Å²) in [5, 5.41) is 3.13. The lowest BCUT2D eigenvalue weighted by Gasteiger charge is -2.35. The second kappa shape index (κ2) is 9.24. The van der Waals surface area contributed by atoms with Gasteiger partial charge in [0.25, 0.3) is 0 Å². The number of nitrogens with one attached hydrogen (secondary N) is 1. The maximum Gasteiger partial charge on any atom is 0.416 e. The number of alkyl halides is 3. The molecule has 0 saturated carbocycles. The molecule has 1 atom stereocenters. The molecule has 1 aliphatic heterocycles. The number of benzene rings is 3. The molecule has 2 aliphatic carbocycles. The summed E-state index contributed by atoms with van der Waals surface area (Å²) in [6.07, 6.45) is 1.33. The average molecular weight is 541 g/mol. The Balaban J connectivity index is 1.37. The summed E-state index contributed by atoms with van der Waals surface area (Å²) in [6.45, 7) is -0.0391. The minimum absolute atomic E-state index is 0.0391. The number of nitrogens with zero attached hydrogens (tertiary/aromatic N) is 1. The van der Waals surface area contributed by atoms with Gasteiger partial charge in [-0.05, 0) is 103 Å². The van der Waals surface area contributed by atoms with Gasteiger partial charge in [-0.15, -0.1) is 0 Å². The molecule has 3 aromatic carbocycles. The molecule has 0 radical (unpaired) electrons. The van der Waals surface area contributed by atoms with Gasteiger partial charge in [-0.2, -0.15) is 17.5 Å². The Kier molecular flexibility index (Phi) is 6.11. The van der Waals surface area contributed by atoms with Gasteiger partial charge in [0.05, 0.1) is 10.5 Å². The van der Waals surface area contributed by atoms with E-state index in [1.165, 1.54) is 11.1 Å². The van der Waals surface area contributed by atoms with Crippen molar-refractivity contribution in [1.29, 1.82) is 0 Å². The van der Waals surface area contributed by atoms with Crippen molar-refractivity contribution in [2.45, 2.75) is 68.6 Å². The van der Waals surface area contributed by atoms with E-state index in [4.69, 9.17) is 0 Å². The molecule has 1 N–H and O–H groups in total. The summed E-state index contributed by atoms with van der Waals surface area (Å²) in [7, 11) is -4.27. The van der Waals surface area contributed by atoms with Crippen molar-refractivity contribution in [2.24, 2.45) is 0 Å². The fourth-order valence-corrected chi connectivity index (χ4v) is 7.67. The topological polar surface area (TPSA) is 66.5 Å². The Labute approximate surface area is 219 Å². The molecule has 3 aliphatic rings. The van der Waals surface area contributed by atoms with Crippen molar-refractivity contribution in [1.82, 2.24) is 4.31 Å². The number of sulfonamides is 1. The molecule has 3 aromatic rings. The number of amides is 1. The third-order valence-corrected chi connectivity index (χ3v) is 9.89. The minimum atomic E-state index is -4.58. The van der Waals surface area contributed by atoms with E-state index in [0.717, 1.165) is 95.0 Å². The lowest BCUT2D eigenvalue weighted by molar-refractivity contribution is -0.137. The standard InChI is InChI=1S/C29H27F3N2O3S/c30-29(31,32)22-11-13-23(14-12-22)38(36,37)34-17-21-6-2-1-5-18(21)16-26(34)28(35)33-27-24-9-3-7-19(24)15-20-8-4-10-25(20)27/h1-2,5-6,11-15,26H,3-4,7-10,16-17H2,(H,33,35). The smallest absolute Gasteiger partial charge is 0.324 e. The second-order valence-electron chi connectivity index (χ2n) is 10.3. The van der Waals surface area contributed by atoms with E-state index in [1.807, 2.05) is 18.2 Å². The minimum Gasteiger partial charge on any atom is -0.324 e. The summed E-state index contributed by atoms with van der Waals surface area (Å²) in [5.74, 6) is -0.413. The van der Waals surface area contributed by atoms with Crippen LogP contribution in [0.1, 0.15) is 51.8 Å². The van der Waals surface area contributed by atoms with E-state index in [1.54, 1.807) is 6.07 Å². The van der Waals surface area contributed by atoms with Gasteiger partial charge in [-0.3, -0.25) is 4.79 Å². The van der Waals surface area contributed by atoms with Crippen molar-refractivity contribution < 1.29 is 26.4 Å². The first kappa shape index (κ1) is 25.1. The quantitative estimate of drug-likeness (QED) is 0.480. The van der Waals surface area contributed by atoms with Gasteiger partial charge in [0.15, 0.2) is 0 Å². The first-order valence-electron chi connectivity index (χ1n) is 12.9. The van der Waals surface area contributed by atoms with Crippen molar-refractivity contribution >= 4 is 21.6 Å². The zero-order chi connectivity index (χ0) is 26.7. The van der Waals surface area contributed by atoms with E-state index in [-0.39, 0.29) is 17.9 Å². The van der Waals surface area contributed by atoms with Crippen LogP contribution in [-0.2, 0) is 59.6 Å². The van der Waals surface area contributed by atoms with Gasteiger partial charge in [0.2, 0.25) is 15.9 Å². The van der Waals surface area contributed by atoms with Crippen molar-refractivity contribution in [2.75, 3.05) is 5.32 Å². The number of carbonyl (C=O) groups is 1. The normalized spacial score (nSPS) is 19.1. The number of hydrogen-bond acceptors (Lipinski definition) is 3. The molecule has 9 heteroatoms. The number of anilines is 1. The van der Waals surface area contributed by atoms with Crippen LogP contribution in [-0.4, -0.2) is 24.7 Å². The number of halogens is 3. The van der Waals surface area contributed by atoms with Crippen LogP contribution in [0.15, 0.2) is 59.5 Å². The van der Waals surface area contributed by atoms with Crippen LogP contribution in [0.2, 0.25) is 0 Å². The summed E-state index contributed by atoms with van der Waals surface area (Å²) in [4.78, 5) is 13.6. The highest BCUT2D eigenvalue weighted by molar-refractivity contribution is 7.89. The molecule has 0 fully saturated rings. The maximum absolute atomic E-state index is 13.9. The highest BCUT2D eigenvalue weighted by Gasteiger charge is 2.41. The summed E-state index contributed by atoms with van der Waals surface area (Å²) < 4.78 is 67.9. The lowest BCUT2D eigenvalue weighted by atomic mass is 9.94. The molecule has 1 heterocycles. The molecule has 1 unspecified atom stereocenters. The molecule has 5 nitrogen and oxygen atoms in total. The van der Waals surface area contributed by atoms with E-state index in [2.05, 4.69) is 11.4 Å². The largest absolute Gasteiger partial charge is 0.416 e. The van der Waals surface area contributed by atoms with Gasteiger partial charge in [0, 0.05) is 12.2 Å². The first-order chi connectivity index (χ1) is 18.1. The van der Waals surface area contributed by atoms with Crippen LogP contribution < -0.4 is 5.32 Å². The van der Waals surface area contributed by atoms with Crippen LogP contribution in [0.4, 0.5) is 18.9 Å². The van der Waals surface area contributed by atoms with Gasteiger partial charge in [-0.1, -0.05) is 30.3 Å². The molecule has 1 amide bonds. The van der Waals surface area contributed by atoms with Crippen LogP contribution in [0.25, 0.3) is 0 Å². The first-order valence-corrected chi connectivity index (χ1v) is 14.3. The SMILES string of the molecule is O=C(Nc1c2c(cc3c1CCC3)CCC2)C1Cc2ccccc2CN1S(=O)(=O)c1ccc(C(F)(F)F)cc1. The maximum atomic E-state index is 13.9. The fourth-order valence-electron chi connectivity index (χ4n) is 6.10. The Morgan fingerprint density at radius 2 is 1.45 bits per heavy atom. The van der Waals surface area contributed by atoms with Crippen LogP contribution in [0.3, 0.4) is 0 Å². The van der Waals surface area contributed by atoms with Gasteiger partial charge >= 0.3 is 6.18 Å². The molecular weight excluding hydrogens is 513 g/mol. The number of rotatable bonds is 4. The van der Waals surface area contributed by atoms with Crippen LogP contribution in [0, 0.1) is 0 Å². The Morgan fingerprint density at radius 1 is 0.842 bits per heavy atom. The number of aryl methyl sites for hydroxylation is 2. The Bertz CT molecular complexity index is 1500. The van der Waals surface area contributed by atoms with Crippen LogP contribution >= 0.6 is 0 Å². The third kappa shape index (κ3) is 4.31. The number of hydrogen-bond donors (Lipinski definition) is 1. The molecule has 198 valence electrons. The van der Waals surface area contributed by atoms with Crippen molar-refractivity contribution in [3.8, 4) is 0 Å². The van der Waals surface area contributed by atoms with Crippen molar-refractivity contribution in [3.05, 3.63) is 93.5 Å². The molecule has 0 saturated heterocycles. The molecule has 0 spiro atoms. The summed E-state index contributed by atoms with van der Waals surface area (Å²) >= 11 is 0. The third-order valence-electron chi connectivity index (χ3n) is 8.02. The average Bonchev–Trinajstić information content (AvgIpc) is 3.57. The number of fused-ring (bicyclic) bond motifs is 3. The Morgan fingerprint density at radius 3 is 2.05 bits per heavy atom. The van der Waals surface area contributed by atoms with E-state index in [9.17, 15) is 26.4 Å². The zero-order valence-corrected chi connectivity index (χ0v) is 21.5. The molecule has 38 heavy (non-hydrogen) atoms. The highest BCUT2D eigenvalue weighted by atomic mass is 32.2. The fraction of sp³-hybridized carbons (Fsp3) is 0.345. The molecule has 0 bridgehead atoms. The molecule has 6 rings (SSSR count).